The molecule has 0 N–H and O–H groups in total. The minimum Gasteiger partial charge on any atom is -0.374 e. The fourth-order valence-electron chi connectivity index (χ4n) is 3.64. The van der Waals surface area contributed by atoms with Crippen molar-refractivity contribution < 1.29 is 4.79 Å². The molecule has 0 saturated heterocycles. The summed E-state index contributed by atoms with van der Waals surface area (Å²) in [4.78, 5) is 14.3. The summed E-state index contributed by atoms with van der Waals surface area (Å²) in [7, 11) is -1.02. The second-order valence-corrected chi connectivity index (χ2v) is 13.9. The zero-order valence-electron chi connectivity index (χ0n) is 15.2. The molecule has 23 heavy (non-hydrogen) atoms. The Morgan fingerprint density at radius 2 is 1.91 bits per heavy atom. The van der Waals surface area contributed by atoms with Gasteiger partial charge in [-0.2, -0.15) is 0 Å². The van der Waals surface area contributed by atoms with E-state index in [-0.39, 0.29) is 0 Å². The normalized spacial score (nSPS) is 22.8. The molecule has 2 aliphatic rings. The topological polar surface area (TPSA) is 20.3 Å². The molecule has 1 atom stereocenters. The first-order valence-electron chi connectivity index (χ1n) is 9.38. The van der Waals surface area contributed by atoms with Crippen LogP contribution in [-0.4, -0.2) is 31.3 Å². The van der Waals surface area contributed by atoms with E-state index in [0.717, 1.165) is 37.8 Å². The molecule has 1 saturated carbocycles. The largest absolute Gasteiger partial charge is 0.374 e. The fourth-order valence-corrected chi connectivity index (χ4v) is 4.30. The van der Waals surface area contributed by atoms with E-state index >= 15 is 0 Å². The van der Waals surface area contributed by atoms with E-state index in [2.05, 4.69) is 42.6 Å². The molecule has 0 radical (unpaired) electrons. The minimum atomic E-state index is -1.02. The zero-order chi connectivity index (χ0) is 16.7. The molecule has 2 rings (SSSR count). The molecule has 1 fully saturated rings. The van der Waals surface area contributed by atoms with Gasteiger partial charge in [0.05, 0.1) is 8.07 Å². The molecule has 2 nitrogen and oxygen atoms in total. The number of carbonyl (C=O) groups excluding carboxylic acids is 1. The van der Waals surface area contributed by atoms with E-state index in [1.807, 2.05) is 0 Å². The van der Waals surface area contributed by atoms with Crippen LogP contribution in [-0.2, 0) is 4.79 Å². The summed E-state index contributed by atoms with van der Waals surface area (Å²) in [5.41, 5.74) is 0. The minimum absolute atomic E-state index is 0.312. The molecule has 0 spiro atoms. The van der Waals surface area contributed by atoms with Crippen LogP contribution in [0.15, 0.2) is 12.3 Å². The second kappa shape index (κ2) is 8.73. The van der Waals surface area contributed by atoms with Gasteiger partial charge in [0.15, 0.2) is 5.78 Å². The molecule has 1 unspecified atom stereocenters. The monoisotopic (exact) mass is 331 g/mol. The number of nitrogens with zero attached hydrogens (tertiary/aromatic N) is 1. The quantitative estimate of drug-likeness (QED) is 0.408. The Morgan fingerprint density at radius 3 is 2.61 bits per heavy atom. The number of hydrogen-bond acceptors (Lipinski definition) is 2. The molecule has 0 aromatic heterocycles. The number of carbonyl (C=O) groups is 1. The Balaban J connectivity index is 1.81. The summed E-state index contributed by atoms with van der Waals surface area (Å²) in [6, 6.07) is 1.55. The van der Waals surface area contributed by atoms with Gasteiger partial charge in [-0.1, -0.05) is 38.9 Å². The third kappa shape index (κ3) is 6.55. The van der Waals surface area contributed by atoms with Gasteiger partial charge in [0.1, 0.15) is 0 Å². The highest BCUT2D eigenvalue weighted by molar-refractivity contribution is 6.76. The summed E-state index contributed by atoms with van der Waals surface area (Å²) in [5.74, 6) is 7.75. The fraction of sp³-hybridized carbons (Fsp3) is 0.750. The van der Waals surface area contributed by atoms with Crippen LogP contribution in [0.4, 0.5) is 0 Å². The van der Waals surface area contributed by atoms with Crippen molar-refractivity contribution in [1.82, 2.24) is 4.90 Å². The van der Waals surface area contributed by atoms with Crippen LogP contribution in [0.5, 0.6) is 0 Å². The van der Waals surface area contributed by atoms with E-state index < -0.39 is 8.07 Å². The third-order valence-corrected chi connectivity index (χ3v) is 6.18. The molecule has 0 aromatic carbocycles. The lowest BCUT2D eigenvalue weighted by molar-refractivity contribution is -0.117. The van der Waals surface area contributed by atoms with Gasteiger partial charge in [0.25, 0.3) is 0 Å². The summed E-state index contributed by atoms with van der Waals surface area (Å²) in [5, 5.41) is 0. The Kier molecular flexibility index (Phi) is 6.96. The summed E-state index contributed by atoms with van der Waals surface area (Å²) in [6.07, 6.45) is 13.3. The van der Waals surface area contributed by atoms with Crippen molar-refractivity contribution >= 4 is 13.9 Å². The van der Waals surface area contributed by atoms with Gasteiger partial charge in [0, 0.05) is 37.7 Å². The van der Waals surface area contributed by atoms with Crippen molar-refractivity contribution in [2.24, 2.45) is 5.92 Å². The molecule has 1 aliphatic carbocycles. The summed E-state index contributed by atoms with van der Waals surface area (Å²) in [6.45, 7) is 8.15. The molecule has 0 aromatic rings. The molecule has 0 bridgehead atoms. The molecule has 3 heteroatoms. The Labute approximate surface area is 143 Å². The number of ketones is 1. The van der Waals surface area contributed by atoms with Gasteiger partial charge in [-0.05, 0) is 31.3 Å². The number of allylic oxidation sites excluding steroid dienone is 1. The van der Waals surface area contributed by atoms with E-state index in [1.165, 1.54) is 32.1 Å². The van der Waals surface area contributed by atoms with Crippen molar-refractivity contribution in [3.8, 4) is 11.8 Å². The SMILES string of the molecule is C[Si](C)(C)CC#CCCCN1C=CC(=O)CC1C1CCCCC1. The molecule has 1 heterocycles. The first kappa shape index (κ1) is 18.3. The standard InChI is InChI=1S/C20H33NOSi/c1-23(2,3)16-10-5-4-9-14-21-15-13-19(22)17-20(21)18-11-7-6-8-12-18/h13,15,18,20H,4,6-9,11-12,14,16-17H2,1-3H3. The third-order valence-electron chi connectivity index (χ3n) is 4.94. The van der Waals surface area contributed by atoms with Crippen LogP contribution >= 0.6 is 0 Å². The van der Waals surface area contributed by atoms with Crippen molar-refractivity contribution in [2.45, 2.75) is 83.1 Å². The molecule has 0 amide bonds. The average molecular weight is 332 g/mol. The highest BCUT2D eigenvalue weighted by atomic mass is 28.3. The van der Waals surface area contributed by atoms with E-state index in [0.29, 0.717) is 11.8 Å². The van der Waals surface area contributed by atoms with Gasteiger partial charge in [-0.25, -0.2) is 0 Å². The maximum Gasteiger partial charge on any atom is 0.159 e. The predicted molar refractivity (Wildman–Crippen MR) is 101 cm³/mol. The van der Waals surface area contributed by atoms with E-state index in [9.17, 15) is 4.79 Å². The van der Waals surface area contributed by atoms with E-state index in [1.54, 1.807) is 6.08 Å². The van der Waals surface area contributed by atoms with Crippen LogP contribution in [0.25, 0.3) is 0 Å². The smallest absolute Gasteiger partial charge is 0.159 e. The number of unbranched alkanes of at least 4 members (excludes halogenated alkanes) is 1. The van der Waals surface area contributed by atoms with Crippen molar-refractivity contribution in [1.29, 1.82) is 0 Å². The molecular formula is C20H33NOSi. The lowest BCUT2D eigenvalue weighted by atomic mass is 9.80. The lowest BCUT2D eigenvalue weighted by Gasteiger charge is -2.39. The lowest BCUT2D eigenvalue weighted by Crippen LogP contribution is -2.42. The number of hydrogen-bond donors (Lipinski definition) is 0. The highest BCUT2D eigenvalue weighted by Crippen LogP contribution is 2.32. The van der Waals surface area contributed by atoms with Crippen LogP contribution in [0.1, 0.15) is 51.4 Å². The first-order chi connectivity index (χ1) is 11.0. The van der Waals surface area contributed by atoms with Crippen molar-refractivity contribution in [3.05, 3.63) is 12.3 Å². The molecule has 128 valence electrons. The maximum atomic E-state index is 11.8. The van der Waals surface area contributed by atoms with Gasteiger partial charge >= 0.3 is 0 Å². The average Bonchev–Trinajstić information content (AvgIpc) is 2.51. The molecular weight excluding hydrogens is 298 g/mol. The highest BCUT2D eigenvalue weighted by Gasteiger charge is 2.30. The number of rotatable bonds is 5. The van der Waals surface area contributed by atoms with Crippen LogP contribution in [0.3, 0.4) is 0 Å². The van der Waals surface area contributed by atoms with Crippen molar-refractivity contribution in [3.63, 3.8) is 0 Å². The summed E-state index contributed by atoms with van der Waals surface area (Å²) >= 11 is 0. The van der Waals surface area contributed by atoms with E-state index in [4.69, 9.17) is 0 Å². The van der Waals surface area contributed by atoms with Gasteiger partial charge < -0.3 is 4.90 Å². The van der Waals surface area contributed by atoms with Crippen LogP contribution < -0.4 is 0 Å². The first-order valence-corrected chi connectivity index (χ1v) is 13.1. The molecule has 1 aliphatic heterocycles. The Bertz CT molecular complexity index is 474. The zero-order valence-corrected chi connectivity index (χ0v) is 16.2. The van der Waals surface area contributed by atoms with Crippen LogP contribution in [0.2, 0.25) is 25.7 Å². The van der Waals surface area contributed by atoms with Crippen LogP contribution in [0, 0.1) is 17.8 Å². The Hall–Kier alpha value is -1.01. The van der Waals surface area contributed by atoms with Gasteiger partial charge in [0.2, 0.25) is 0 Å². The van der Waals surface area contributed by atoms with Gasteiger partial charge in [-0.15, -0.1) is 11.8 Å². The Morgan fingerprint density at radius 1 is 1.17 bits per heavy atom. The van der Waals surface area contributed by atoms with Crippen molar-refractivity contribution in [2.75, 3.05) is 6.54 Å². The van der Waals surface area contributed by atoms with Gasteiger partial charge in [-0.3, -0.25) is 4.79 Å². The predicted octanol–water partition coefficient (Wildman–Crippen LogP) is 4.85. The second-order valence-electron chi connectivity index (χ2n) is 8.38. The summed E-state index contributed by atoms with van der Waals surface area (Å²) < 4.78 is 0. The maximum absolute atomic E-state index is 11.8.